The second kappa shape index (κ2) is 29.2. The zero-order valence-electron chi connectivity index (χ0n) is 24.9. The number of hydrogen-bond acceptors (Lipinski definition) is 4. The van der Waals surface area contributed by atoms with Crippen LogP contribution in [-0.4, -0.2) is 25.2 Å². The number of carbonyl (C=O) groups is 2. The topological polar surface area (TPSA) is 52.6 Å². The van der Waals surface area contributed by atoms with Crippen LogP contribution in [0, 0.1) is 5.92 Å². The molecule has 0 aliphatic heterocycles. The van der Waals surface area contributed by atoms with Gasteiger partial charge in [-0.25, -0.2) is 0 Å². The molecule has 0 aliphatic rings. The van der Waals surface area contributed by atoms with Gasteiger partial charge >= 0.3 is 11.9 Å². The lowest BCUT2D eigenvalue weighted by molar-refractivity contribution is -0.149. The minimum absolute atomic E-state index is 0.0479. The molecule has 37 heavy (non-hydrogen) atoms. The number of esters is 2. The highest BCUT2D eigenvalue weighted by atomic mass is 16.5. The third-order valence-corrected chi connectivity index (χ3v) is 7.22. The maximum atomic E-state index is 12.5. The van der Waals surface area contributed by atoms with Gasteiger partial charge in [0.1, 0.15) is 0 Å². The summed E-state index contributed by atoms with van der Waals surface area (Å²) < 4.78 is 10.9. The molecule has 0 aromatic heterocycles. The van der Waals surface area contributed by atoms with E-state index in [1.165, 1.54) is 83.5 Å². The molecule has 1 unspecified atom stereocenters. The molecule has 0 amide bonds. The Hall–Kier alpha value is -1.32. The lowest BCUT2D eigenvalue weighted by atomic mass is 9.97. The standard InChI is InChI=1S/C33H62O4/c1-4-7-9-11-13-15-20-24-29-36-32(34)28-23-19-17-18-22-27-31(26-6-3)33(35)37-30-25-21-16-14-12-10-8-5-2/h6,31H,3-5,7-30H2,1-2H3. The van der Waals surface area contributed by atoms with Crippen LogP contribution in [-0.2, 0) is 19.1 Å². The molecule has 4 heteroatoms. The normalized spacial score (nSPS) is 11.8. The van der Waals surface area contributed by atoms with Gasteiger partial charge in [-0.2, -0.15) is 0 Å². The van der Waals surface area contributed by atoms with Crippen LogP contribution in [0.4, 0.5) is 0 Å². The van der Waals surface area contributed by atoms with E-state index in [9.17, 15) is 9.59 Å². The van der Waals surface area contributed by atoms with E-state index in [-0.39, 0.29) is 17.9 Å². The zero-order valence-corrected chi connectivity index (χ0v) is 24.9. The highest BCUT2D eigenvalue weighted by Gasteiger charge is 2.18. The predicted octanol–water partition coefficient (Wildman–Crippen LogP) is 10.3. The predicted molar refractivity (Wildman–Crippen MR) is 158 cm³/mol. The van der Waals surface area contributed by atoms with E-state index in [1.54, 1.807) is 0 Å². The van der Waals surface area contributed by atoms with Crippen molar-refractivity contribution in [2.45, 2.75) is 168 Å². The summed E-state index contributed by atoms with van der Waals surface area (Å²) in [5.41, 5.74) is 0. The summed E-state index contributed by atoms with van der Waals surface area (Å²) in [5, 5.41) is 0. The van der Waals surface area contributed by atoms with E-state index in [1.807, 2.05) is 6.08 Å². The third-order valence-electron chi connectivity index (χ3n) is 7.22. The van der Waals surface area contributed by atoms with Crippen molar-refractivity contribution in [1.82, 2.24) is 0 Å². The number of rotatable bonds is 29. The number of allylic oxidation sites excluding steroid dienone is 1. The summed E-state index contributed by atoms with van der Waals surface area (Å²) in [4.78, 5) is 24.3. The molecule has 0 saturated carbocycles. The molecule has 1 atom stereocenters. The number of unbranched alkanes of at least 4 members (excludes halogenated alkanes) is 18. The van der Waals surface area contributed by atoms with Crippen molar-refractivity contribution in [3.63, 3.8) is 0 Å². The lowest BCUT2D eigenvalue weighted by Gasteiger charge is -2.14. The molecular weight excluding hydrogens is 460 g/mol. The third kappa shape index (κ3) is 26.1. The van der Waals surface area contributed by atoms with Crippen molar-refractivity contribution < 1.29 is 19.1 Å². The molecule has 0 bridgehead atoms. The van der Waals surface area contributed by atoms with Crippen LogP contribution in [0.3, 0.4) is 0 Å². The van der Waals surface area contributed by atoms with Gasteiger partial charge in [-0.15, -0.1) is 6.58 Å². The van der Waals surface area contributed by atoms with Crippen LogP contribution in [0.25, 0.3) is 0 Å². The number of carbonyl (C=O) groups excluding carboxylic acids is 2. The van der Waals surface area contributed by atoms with Crippen LogP contribution in [0.15, 0.2) is 12.7 Å². The summed E-state index contributed by atoms with van der Waals surface area (Å²) in [6, 6.07) is 0. The molecule has 0 aromatic carbocycles. The maximum absolute atomic E-state index is 12.5. The molecule has 0 fully saturated rings. The fourth-order valence-electron chi connectivity index (χ4n) is 4.74. The SMILES string of the molecule is C=CCC(CCCCCCCC(=O)OCCCCCCCCCC)C(=O)OCCCCCCCCCC. The first-order valence-corrected chi connectivity index (χ1v) is 16.1. The average molecular weight is 523 g/mol. The zero-order chi connectivity index (χ0) is 27.2. The monoisotopic (exact) mass is 522 g/mol. The van der Waals surface area contributed by atoms with Gasteiger partial charge in [0.2, 0.25) is 0 Å². The van der Waals surface area contributed by atoms with Gasteiger partial charge < -0.3 is 9.47 Å². The van der Waals surface area contributed by atoms with Gasteiger partial charge in [-0.05, 0) is 32.1 Å². The van der Waals surface area contributed by atoms with E-state index in [0.717, 1.165) is 57.8 Å². The van der Waals surface area contributed by atoms with Gasteiger partial charge in [0.15, 0.2) is 0 Å². The van der Waals surface area contributed by atoms with E-state index in [0.29, 0.717) is 26.1 Å². The van der Waals surface area contributed by atoms with Gasteiger partial charge in [0.25, 0.3) is 0 Å². The van der Waals surface area contributed by atoms with E-state index in [2.05, 4.69) is 20.4 Å². The van der Waals surface area contributed by atoms with Gasteiger partial charge in [-0.1, -0.05) is 135 Å². The highest BCUT2D eigenvalue weighted by molar-refractivity contribution is 5.72. The molecular formula is C33H62O4. The molecule has 0 heterocycles. The Kier molecular flexibility index (Phi) is 28.2. The molecule has 0 aliphatic carbocycles. The fraction of sp³-hybridized carbons (Fsp3) is 0.879. The van der Waals surface area contributed by atoms with Crippen LogP contribution in [0.1, 0.15) is 168 Å². The first-order valence-electron chi connectivity index (χ1n) is 16.1. The first-order chi connectivity index (χ1) is 18.2. The van der Waals surface area contributed by atoms with Crippen molar-refractivity contribution in [3.8, 4) is 0 Å². The summed E-state index contributed by atoms with van der Waals surface area (Å²) in [5.74, 6) is -0.159. The Morgan fingerprint density at radius 2 is 1.03 bits per heavy atom. The summed E-state index contributed by atoms with van der Waals surface area (Å²) in [6.07, 6.45) is 29.1. The van der Waals surface area contributed by atoms with Crippen molar-refractivity contribution in [1.29, 1.82) is 0 Å². The Morgan fingerprint density at radius 3 is 1.54 bits per heavy atom. The van der Waals surface area contributed by atoms with Crippen molar-refractivity contribution in [3.05, 3.63) is 12.7 Å². The molecule has 0 rings (SSSR count). The number of ether oxygens (including phenoxy) is 2. The molecule has 0 spiro atoms. The minimum Gasteiger partial charge on any atom is -0.466 e. The van der Waals surface area contributed by atoms with Crippen LogP contribution < -0.4 is 0 Å². The summed E-state index contributed by atoms with van der Waals surface area (Å²) in [6.45, 7) is 9.43. The van der Waals surface area contributed by atoms with Crippen LogP contribution in [0.5, 0.6) is 0 Å². The second-order valence-electron chi connectivity index (χ2n) is 10.9. The Bertz CT molecular complexity index is 516. The smallest absolute Gasteiger partial charge is 0.309 e. The largest absolute Gasteiger partial charge is 0.466 e. The maximum Gasteiger partial charge on any atom is 0.309 e. The molecule has 0 N–H and O–H groups in total. The Balaban J connectivity index is 3.63. The van der Waals surface area contributed by atoms with Gasteiger partial charge in [0, 0.05) is 6.42 Å². The van der Waals surface area contributed by atoms with E-state index >= 15 is 0 Å². The molecule has 0 aromatic rings. The molecule has 0 radical (unpaired) electrons. The minimum atomic E-state index is -0.0575. The Labute approximate surface area is 230 Å². The molecule has 0 saturated heterocycles. The summed E-state index contributed by atoms with van der Waals surface area (Å²) >= 11 is 0. The highest BCUT2D eigenvalue weighted by Crippen LogP contribution is 2.18. The second-order valence-corrected chi connectivity index (χ2v) is 10.9. The number of hydrogen-bond donors (Lipinski definition) is 0. The van der Waals surface area contributed by atoms with Gasteiger partial charge in [-0.3, -0.25) is 9.59 Å². The van der Waals surface area contributed by atoms with Gasteiger partial charge in [0.05, 0.1) is 19.1 Å². The summed E-state index contributed by atoms with van der Waals surface area (Å²) in [7, 11) is 0. The van der Waals surface area contributed by atoms with Crippen molar-refractivity contribution in [2.75, 3.05) is 13.2 Å². The van der Waals surface area contributed by atoms with Crippen molar-refractivity contribution >= 4 is 11.9 Å². The Morgan fingerprint density at radius 1 is 0.595 bits per heavy atom. The average Bonchev–Trinajstić information content (AvgIpc) is 2.89. The lowest BCUT2D eigenvalue weighted by Crippen LogP contribution is -2.18. The van der Waals surface area contributed by atoms with Crippen LogP contribution in [0.2, 0.25) is 0 Å². The van der Waals surface area contributed by atoms with Crippen molar-refractivity contribution in [2.24, 2.45) is 5.92 Å². The first kappa shape index (κ1) is 35.7. The van der Waals surface area contributed by atoms with Crippen LogP contribution >= 0.6 is 0 Å². The molecule has 4 nitrogen and oxygen atoms in total. The van der Waals surface area contributed by atoms with E-state index < -0.39 is 0 Å². The fourth-order valence-corrected chi connectivity index (χ4v) is 4.74. The quantitative estimate of drug-likeness (QED) is 0.0557. The van der Waals surface area contributed by atoms with E-state index in [4.69, 9.17) is 9.47 Å². The molecule has 218 valence electrons.